The average Bonchev–Trinajstić information content (AvgIpc) is 3.05. The molecule has 0 spiro atoms. The van der Waals surface area contributed by atoms with Crippen molar-refractivity contribution in [2.45, 2.75) is 19.0 Å². The first-order chi connectivity index (χ1) is 17.2. The second kappa shape index (κ2) is 11.0. The number of carbonyl (C=O) groups excluding carboxylic acids is 3. The SMILES string of the molecule is O=C(CC1C(=O)N(Cc2ccccc2)C(=S)N1NC(=O)c1ccc(Cl)cc1Cl)Nc1ccc(F)cc1. The summed E-state index contributed by atoms with van der Waals surface area (Å²) in [5, 5.41) is 4.31. The van der Waals surface area contributed by atoms with Gasteiger partial charge in [0.2, 0.25) is 5.91 Å². The van der Waals surface area contributed by atoms with Gasteiger partial charge in [-0.05, 0) is 60.2 Å². The monoisotopic (exact) mass is 544 g/mol. The summed E-state index contributed by atoms with van der Waals surface area (Å²) in [4.78, 5) is 40.5. The summed E-state index contributed by atoms with van der Waals surface area (Å²) in [6.45, 7) is 0.155. The highest BCUT2D eigenvalue weighted by molar-refractivity contribution is 7.80. The van der Waals surface area contributed by atoms with E-state index in [9.17, 15) is 18.8 Å². The van der Waals surface area contributed by atoms with Crippen molar-refractivity contribution in [1.29, 1.82) is 0 Å². The molecule has 0 radical (unpaired) electrons. The fourth-order valence-corrected chi connectivity index (χ4v) is 4.45. The molecule has 1 aliphatic rings. The summed E-state index contributed by atoms with van der Waals surface area (Å²) in [5.41, 5.74) is 3.91. The molecule has 4 rings (SSSR count). The van der Waals surface area contributed by atoms with Crippen molar-refractivity contribution in [3.63, 3.8) is 0 Å². The molecule has 1 atom stereocenters. The number of thiocarbonyl (C=S) groups is 1. The molecule has 7 nitrogen and oxygen atoms in total. The van der Waals surface area contributed by atoms with E-state index in [0.29, 0.717) is 10.7 Å². The Morgan fingerprint density at radius 3 is 2.36 bits per heavy atom. The lowest BCUT2D eigenvalue weighted by molar-refractivity contribution is -0.131. The van der Waals surface area contributed by atoms with Crippen LogP contribution in [0.25, 0.3) is 0 Å². The third kappa shape index (κ3) is 5.81. The maximum Gasteiger partial charge on any atom is 0.271 e. The van der Waals surface area contributed by atoms with Crippen LogP contribution < -0.4 is 10.7 Å². The number of benzene rings is 3. The highest BCUT2D eigenvalue weighted by Crippen LogP contribution is 2.25. The number of carbonyl (C=O) groups is 3. The Hall–Kier alpha value is -3.53. The summed E-state index contributed by atoms with van der Waals surface area (Å²) in [7, 11) is 0. The Bertz CT molecular complexity index is 1320. The van der Waals surface area contributed by atoms with Crippen LogP contribution in [0.1, 0.15) is 22.3 Å². The van der Waals surface area contributed by atoms with Crippen LogP contribution in [-0.2, 0) is 16.1 Å². The molecule has 0 saturated carbocycles. The lowest BCUT2D eigenvalue weighted by Gasteiger charge is -2.24. The zero-order chi connectivity index (χ0) is 25.8. The van der Waals surface area contributed by atoms with E-state index >= 15 is 0 Å². The maximum absolute atomic E-state index is 13.4. The minimum Gasteiger partial charge on any atom is -0.326 e. The number of hydrazine groups is 1. The highest BCUT2D eigenvalue weighted by Gasteiger charge is 2.44. The summed E-state index contributed by atoms with van der Waals surface area (Å²) < 4.78 is 13.2. The minimum absolute atomic E-state index is 0.0295. The predicted molar refractivity (Wildman–Crippen MR) is 139 cm³/mol. The van der Waals surface area contributed by atoms with Crippen molar-refractivity contribution in [1.82, 2.24) is 15.3 Å². The van der Waals surface area contributed by atoms with Crippen LogP contribution in [0, 0.1) is 5.82 Å². The Labute approximate surface area is 221 Å². The van der Waals surface area contributed by atoms with E-state index in [4.69, 9.17) is 35.4 Å². The van der Waals surface area contributed by atoms with Crippen molar-refractivity contribution in [3.05, 3.63) is 99.8 Å². The molecule has 1 heterocycles. The third-order valence-electron chi connectivity index (χ3n) is 5.39. The van der Waals surface area contributed by atoms with E-state index in [1.165, 1.54) is 52.4 Å². The molecule has 3 amide bonds. The van der Waals surface area contributed by atoms with E-state index in [-0.39, 0.29) is 28.7 Å². The smallest absolute Gasteiger partial charge is 0.271 e. The van der Waals surface area contributed by atoms with Crippen molar-refractivity contribution in [2.75, 3.05) is 5.32 Å². The molecule has 1 unspecified atom stereocenters. The molecule has 3 aromatic carbocycles. The van der Waals surface area contributed by atoms with E-state index in [1.54, 1.807) is 0 Å². The Kier molecular flexibility index (Phi) is 7.83. The Morgan fingerprint density at radius 2 is 1.69 bits per heavy atom. The van der Waals surface area contributed by atoms with E-state index in [2.05, 4.69) is 10.7 Å². The molecule has 1 saturated heterocycles. The molecule has 11 heteroatoms. The zero-order valence-electron chi connectivity index (χ0n) is 18.6. The molecule has 0 bridgehead atoms. The van der Waals surface area contributed by atoms with Gasteiger partial charge in [-0.2, -0.15) is 0 Å². The molecule has 0 aromatic heterocycles. The normalized spacial score (nSPS) is 15.2. The number of hydrogen-bond donors (Lipinski definition) is 2. The van der Waals surface area contributed by atoms with Gasteiger partial charge in [0, 0.05) is 10.7 Å². The maximum atomic E-state index is 13.4. The third-order valence-corrected chi connectivity index (χ3v) is 6.35. The quantitative estimate of drug-likeness (QED) is 0.417. The van der Waals surface area contributed by atoms with Crippen LogP contribution >= 0.6 is 35.4 Å². The van der Waals surface area contributed by atoms with Gasteiger partial charge in [0.05, 0.1) is 23.6 Å². The average molecular weight is 545 g/mol. The van der Waals surface area contributed by atoms with Gasteiger partial charge >= 0.3 is 0 Å². The first-order valence-electron chi connectivity index (χ1n) is 10.7. The molecule has 1 fully saturated rings. The van der Waals surface area contributed by atoms with Crippen LogP contribution in [0.15, 0.2) is 72.8 Å². The number of hydrogen-bond acceptors (Lipinski definition) is 4. The van der Waals surface area contributed by atoms with E-state index in [1.807, 2.05) is 30.3 Å². The van der Waals surface area contributed by atoms with Gasteiger partial charge in [-0.15, -0.1) is 0 Å². The molecule has 0 aliphatic carbocycles. The standard InChI is InChI=1S/C25H19Cl2FN4O3S/c26-16-6-11-19(20(27)12-16)23(34)30-32-21(13-22(33)29-18-9-7-17(28)8-10-18)24(35)31(25(32)36)14-15-4-2-1-3-5-15/h1-12,21H,13-14H2,(H,29,33)(H,30,34). The lowest BCUT2D eigenvalue weighted by atomic mass is 10.1. The van der Waals surface area contributed by atoms with E-state index in [0.717, 1.165) is 5.56 Å². The van der Waals surface area contributed by atoms with Gasteiger partial charge < -0.3 is 5.32 Å². The van der Waals surface area contributed by atoms with Crippen LogP contribution in [0.3, 0.4) is 0 Å². The van der Waals surface area contributed by atoms with Crippen LogP contribution in [0.2, 0.25) is 10.0 Å². The zero-order valence-corrected chi connectivity index (χ0v) is 20.9. The number of anilines is 1. The Morgan fingerprint density at radius 1 is 1.00 bits per heavy atom. The molecule has 184 valence electrons. The Balaban J connectivity index is 1.57. The van der Waals surface area contributed by atoms with Gasteiger partial charge in [-0.3, -0.25) is 24.7 Å². The van der Waals surface area contributed by atoms with Crippen molar-refractivity contribution >= 4 is 63.9 Å². The second-order valence-corrected chi connectivity index (χ2v) is 9.11. The van der Waals surface area contributed by atoms with Crippen LogP contribution in [0.5, 0.6) is 0 Å². The summed E-state index contributed by atoms with van der Waals surface area (Å²) in [6.07, 6.45) is -0.323. The molecular formula is C25H19Cl2FN4O3S. The topological polar surface area (TPSA) is 81.8 Å². The van der Waals surface area contributed by atoms with E-state index < -0.39 is 29.6 Å². The van der Waals surface area contributed by atoms with Crippen LogP contribution in [-0.4, -0.2) is 38.8 Å². The first kappa shape index (κ1) is 25.6. The van der Waals surface area contributed by atoms with Gasteiger partial charge in [-0.25, -0.2) is 9.40 Å². The van der Waals surface area contributed by atoms with Crippen molar-refractivity contribution in [2.24, 2.45) is 0 Å². The summed E-state index contributed by atoms with van der Waals surface area (Å²) >= 11 is 17.6. The van der Waals surface area contributed by atoms with Gasteiger partial charge in [0.1, 0.15) is 11.9 Å². The molecule has 2 N–H and O–H groups in total. The fourth-order valence-electron chi connectivity index (χ4n) is 3.63. The van der Waals surface area contributed by atoms with Gasteiger partial charge in [-0.1, -0.05) is 53.5 Å². The summed E-state index contributed by atoms with van der Waals surface area (Å²) in [6, 6.07) is 17.6. The predicted octanol–water partition coefficient (Wildman–Crippen LogP) is 4.80. The fraction of sp³-hybridized carbons (Fsp3) is 0.120. The summed E-state index contributed by atoms with van der Waals surface area (Å²) in [5.74, 6) is -2.05. The number of rotatable bonds is 7. The number of nitrogens with one attached hydrogen (secondary N) is 2. The second-order valence-electron chi connectivity index (χ2n) is 7.90. The number of amides is 3. The first-order valence-corrected chi connectivity index (χ1v) is 11.9. The van der Waals surface area contributed by atoms with Gasteiger partial charge in [0.25, 0.3) is 11.8 Å². The molecule has 36 heavy (non-hydrogen) atoms. The minimum atomic E-state index is -1.11. The highest BCUT2D eigenvalue weighted by atomic mass is 35.5. The van der Waals surface area contributed by atoms with Crippen LogP contribution in [0.4, 0.5) is 10.1 Å². The molecule has 3 aromatic rings. The number of nitrogens with zero attached hydrogens (tertiary/aromatic N) is 2. The molecular weight excluding hydrogens is 526 g/mol. The van der Waals surface area contributed by atoms with Crippen molar-refractivity contribution in [3.8, 4) is 0 Å². The molecule has 1 aliphatic heterocycles. The van der Waals surface area contributed by atoms with Gasteiger partial charge in [0.15, 0.2) is 5.11 Å². The van der Waals surface area contributed by atoms with Crippen molar-refractivity contribution < 1.29 is 18.8 Å². The lowest BCUT2D eigenvalue weighted by Crippen LogP contribution is -2.49. The number of halogens is 3. The largest absolute Gasteiger partial charge is 0.326 e.